The highest BCUT2D eigenvalue weighted by molar-refractivity contribution is 14.0. The third-order valence-corrected chi connectivity index (χ3v) is 4.70. The Morgan fingerprint density at radius 2 is 1.81 bits per heavy atom. The molecule has 0 aliphatic heterocycles. The first kappa shape index (κ1) is 25.5. The number of aryl methyl sites for hydroxylation is 1. The average molecular weight is 550 g/mol. The summed E-state index contributed by atoms with van der Waals surface area (Å²) in [7, 11) is 3.38. The minimum atomic E-state index is -0.0672. The van der Waals surface area contributed by atoms with E-state index in [1.165, 1.54) is 5.56 Å². The number of guanidine groups is 1. The van der Waals surface area contributed by atoms with Crippen LogP contribution in [0.1, 0.15) is 18.2 Å². The quantitative estimate of drug-likeness (QED) is 0.233. The lowest BCUT2D eigenvalue weighted by Gasteiger charge is -2.19. The van der Waals surface area contributed by atoms with E-state index in [1.54, 1.807) is 20.4 Å². The summed E-state index contributed by atoms with van der Waals surface area (Å²) in [5.41, 5.74) is 3.08. The SMILES string of the molecule is CN=C(NCCc1coc(-c2ccc(C)cc2)n1)NCC(C)Oc1ccccc1OC.I. The first-order valence-electron chi connectivity index (χ1n) is 10.3. The summed E-state index contributed by atoms with van der Waals surface area (Å²) in [5, 5.41) is 6.57. The van der Waals surface area contributed by atoms with Gasteiger partial charge in [0.1, 0.15) is 12.4 Å². The van der Waals surface area contributed by atoms with Crippen LogP contribution in [0.4, 0.5) is 0 Å². The first-order valence-corrected chi connectivity index (χ1v) is 10.3. The molecule has 0 bridgehead atoms. The molecule has 3 aromatic rings. The second kappa shape index (κ2) is 12.9. The summed E-state index contributed by atoms with van der Waals surface area (Å²) in [4.78, 5) is 8.83. The average Bonchev–Trinajstić information content (AvgIpc) is 3.26. The van der Waals surface area contributed by atoms with Crippen molar-refractivity contribution < 1.29 is 13.9 Å². The Hall–Kier alpha value is -2.75. The zero-order valence-corrected chi connectivity index (χ0v) is 21.3. The topological polar surface area (TPSA) is 80.9 Å². The molecular weight excluding hydrogens is 519 g/mol. The monoisotopic (exact) mass is 550 g/mol. The molecule has 0 saturated heterocycles. The van der Waals surface area contributed by atoms with Crippen molar-refractivity contribution in [3.63, 3.8) is 0 Å². The van der Waals surface area contributed by atoms with Crippen LogP contribution in [0.3, 0.4) is 0 Å². The number of hydrogen-bond donors (Lipinski definition) is 2. The van der Waals surface area contributed by atoms with Crippen molar-refractivity contribution in [1.29, 1.82) is 0 Å². The van der Waals surface area contributed by atoms with Crippen molar-refractivity contribution in [2.24, 2.45) is 4.99 Å². The second-order valence-corrected chi connectivity index (χ2v) is 7.22. The van der Waals surface area contributed by atoms with Crippen LogP contribution in [0.25, 0.3) is 11.5 Å². The van der Waals surface area contributed by atoms with Gasteiger partial charge in [-0.15, -0.1) is 24.0 Å². The van der Waals surface area contributed by atoms with Gasteiger partial charge in [0.15, 0.2) is 17.5 Å². The number of aromatic nitrogens is 1. The lowest BCUT2D eigenvalue weighted by molar-refractivity contribution is 0.213. The smallest absolute Gasteiger partial charge is 0.226 e. The highest BCUT2D eigenvalue weighted by Crippen LogP contribution is 2.26. The molecule has 0 spiro atoms. The Bertz CT molecular complexity index is 989. The summed E-state index contributed by atoms with van der Waals surface area (Å²) in [5.74, 6) is 2.78. The fourth-order valence-electron chi connectivity index (χ4n) is 3.00. The molecule has 3 rings (SSSR count). The zero-order valence-electron chi connectivity index (χ0n) is 18.9. The lowest BCUT2D eigenvalue weighted by Crippen LogP contribution is -2.42. The van der Waals surface area contributed by atoms with Gasteiger partial charge in [0.25, 0.3) is 0 Å². The van der Waals surface area contributed by atoms with E-state index in [-0.39, 0.29) is 30.1 Å². The summed E-state index contributed by atoms with van der Waals surface area (Å²) in [6.45, 7) is 5.33. The maximum atomic E-state index is 5.96. The molecule has 0 aliphatic rings. The van der Waals surface area contributed by atoms with Gasteiger partial charge in [0, 0.05) is 25.6 Å². The van der Waals surface area contributed by atoms with Gasteiger partial charge < -0.3 is 24.5 Å². The third kappa shape index (κ3) is 7.44. The summed E-state index contributed by atoms with van der Waals surface area (Å²) in [6.07, 6.45) is 2.36. The van der Waals surface area contributed by atoms with Crippen LogP contribution in [-0.2, 0) is 6.42 Å². The molecule has 1 unspecified atom stereocenters. The molecule has 0 saturated carbocycles. The van der Waals surface area contributed by atoms with Crippen LogP contribution < -0.4 is 20.1 Å². The molecule has 32 heavy (non-hydrogen) atoms. The van der Waals surface area contributed by atoms with Crippen LogP contribution >= 0.6 is 24.0 Å². The van der Waals surface area contributed by atoms with Crippen molar-refractivity contribution in [1.82, 2.24) is 15.6 Å². The van der Waals surface area contributed by atoms with Gasteiger partial charge in [-0.3, -0.25) is 4.99 Å². The van der Waals surface area contributed by atoms with Crippen LogP contribution in [-0.4, -0.2) is 44.3 Å². The normalized spacial score (nSPS) is 11.9. The van der Waals surface area contributed by atoms with E-state index in [0.717, 1.165) is 29.2 Å². The van der Waals surface area contributed by atoms with Gasteiger partial charge in [-0.05, 0) is 38.1 Å². The fourth-order valence-corrected chi connectivity index (χ4v) is 3.00. The molecular formula is C24H31IN4O3. The minimum absolute atomic E-state index is 0. The van der Waals surface area contributed by atoms with E-state index in [9.17, 15) is 0 Å². The Morgan fingerprint density at radius 3 is 2.50 bits per heavy atom. The van der Waals surface area contributed by atoms with Gasteiger partial charge >= 0.3 is 0 Å². The van der Waals surface area contributed by atoms with Crippen molar-refractivity contribution in [3.05, 3.63) is 66.1 Å². The number of ether oxygens (including phenoxy) is 2. The van der Waals surface area contributed by atoms with Crippen molar-refractivity contribution in [2.75, 3.05) is 27.2 Å². The summed E-state index contributed by atoms with van der Waals surface area (Å²) in [6, 6.07) is 15.7. The molecule has 0 amide bonds. The van der Waals surface area contributed by atoms with Gasteiger partial charge in [-0.1, -0.05) is 29.8 Å². The maximum Gasteiger partial charge on any atom is 0.226 e. The predicted octanol–water partition coefficient (Wildman–Crippen LogP) is 4.45. The molecule has 0 aliphatic carbocycles. The van der Waals surface area contributed by atoms with Crippen LogP contribution in [0, 0.1) is 6.92 Å². The van der Waals surface area contributed by atoms with E-state index in [2.05, 4.69) is 39.7 Å². The van der Waals surface area contributed by atoms with Gasteiger partial charge in [0.2, 0.25) is 5.89 Å². The van der Waals surface area contributed by atoms with E-state index in [1.807, 2.05) is 43.3 Å². The van der Waals surface area contributed by atoms with Crippen molar-refractivity contribution in [2.45, 2.75) is 26.4 Å². The van der Waals surface area contributed by atoms with Gasteiger partial charge in [0.05, 0.1) is 19.3 Å². The third-order valence-electron chi connectivity index (χ3n) is 4.70. The summed E-state index contributed by atoms with van der Waals surface area (Å²) >= 11 is 0. The number of oxazole rings is 1. The fraction of sp³-hybridized carbons (Fsp3) is 0.333. The van der Waals surface area contributed by atoms with Crippen LogP contribution in [0.2, 0.25) is 0 Å². The van der Waals surface area contributed by atoms with E-state index < -0.39 is 0 Å². The molecule has 0 radical (unpaired) electrons. The van der Waals surface area contributed by atoms with Crippen molar-refractivity contribution in [3.8, 4) is 23.0 Å². The molecule has 1 atom stereocenters. The van der Waals surface area contributed by atoms with Crippen LogP contribution in [0.15, 0.2) is 64.2 Å². The largest absolute Gasteiger partial charge is 0.493 e. The molecule has 2 aromatic carbocycles. The molecule has 7 nitrogen and oxygen atoms in total. The number of benzene rings is 2. The number of nitrogens with zero attached hydrogens (tertiary/aromatic N) is 2. The first-order chi connectivity index (χ1) is 15.1. The van der Waals surface area contributed by atoms with E-state index in [4.69, 9.17) is 13.9 Å². The Labute approximate surface area is 206 Å². The number of nitrogens with one attached hydrogen (secondary N) is 2. The van der Waals surface area contributed by atoms with E-state index in [0.29, 0.717) is 24.9 Å². The number of para-hydroxylation sites is 2. The van der Waals surface area contributed by atoms with E-state index >= 15 is 0 Å². The number of methoxy groups -OCH3 is 1. The minimum Gasteiger partial charge on any atom is -0.493 e. The predicted molar refractivity (Wildman–Crippen MR) is 138 cm³/mol. The number of hydrogen-bond acceptors (Lipinski definition) is 5. The molecule has 172 valence electrons. The molecule has 1 heterocycles. The second-order valence-electron chi connectivity index (χ2n) is 7.22. The Kier molecular flexibility index (Phi) is 10.3. The maximum absolute atomic E-state index is 5.96. The zero-order chi connectivity index (χ0) is 22.1. The molecule has 8 heteroatoms. The number of aliphatic imine (C=N–C) groups is 1. The van der Waals surface area contributed by atoms with Gasteiger partial charge in [-0.25, -0.2) is 4.98 Å². The standard InChI is InChI=1S/C24H30N4O3.HI/c1-17-9-11-19(12-10-17)23-28-20(16-30-23)13-14-26-24(25-3)27-15-18(2)31-22-8-6-5-7-21(22)29-4;/h5-12,16,18H,13-15H2,1-4H3,(H2,25,26,27);1H. The number of rotatable bonds is 9. The molecule has 2 N–H and O–H groups in total. The Balaban J connectivity index is 0.00000363. The molecule has 0 fully saturated rings. The van der Waals surface area contributed by atoms with Gasteiger partial charge in [-0.2, -0.15) is 0 Å². The lowest BCUT2D eigenvalue weighted by atomic mass is 10.1. The summed E-state index contributed by atoms with van der Waals surface area (Å²) < 4.78 is 16.9. The number of halogens is 1. The Morgan fingerprint density at radius 1 is 1.09 bits per heavy atom. The van der Waals surface area contributed by atoms with Crippen LogP contribution in [0.5, 0.6) is 11.5 Å². The highest BCUT2D eigenvalue weighted by atomic mass is 127. The van der Waals surface area contributed by atoms with Crippen molar-refractivity contribution >= 4 is 29.9 Å². The highest BCUT2D eigenvalue weighted by Gasteiger charge is 2.10. The molecule has 1 aromatic heterocycles.